The molecule has 0 fully saturated rings. The minimum Gasteiger partial charge on any atom is -0.508 e. The smallest absolute Gasteiger partial charge is 0.491 e. The number of alkyl halides is 3. The van der Waals surface area contributed by atoms with Gasteiger partial charge in [-0.05, 0) is 0 Å². The van der Waals surface area contributed by atoms with Gasteiger partial charge in [-0.25, -0.2) is 4.79 Å². The molecule has 0 saturated carbocycles. The molecule has 0 spiro atoms. The van der Waals surface area contributed by atoms with E-state index in [0.29, 0.717) is 0 Å². The third-order valence-electron chi connectivity index (χ3n) is 3.59. The van der Waals surface area contributed by atoms with Crippen molar-refractivity contribution >= 4 is 17.5 Å². The van der Waals surface area contributed by atoms with Crippen LogP contribution in [-0.2, 0) is 11.2 Å². The summed E-state index contributed by atoms with van der Waals surface area (Å²) in [6, 6.07) is 3.71. The van der Waals surface area contributed by atoms with Gasteiger partial charge in [-0.15, -0.1) is 0 Å². The molecule has 26 heavy (non-hydrogen) atoms. The van der Waals surface area contributed by atoms with Gasteiger partial charge in [0.15, 0.2) is 0 Å². The largest absolute Gasteiger partial charge is 0.508 e. The first-order valence-corrected chi connectivity index (χ1v) is 6.92. The van der Waals surface area contributed by atoms with Gasteiger partial charge in [0.1, 0.15) is 34.7 Å². The molecule has 0 atom stereocenters. The van der Waals surface area contributed by atoms with Gasteiger partial charge in [0, 0.05) is 29.7 Å². The number of carbonyl (C=O) groups is 1. The average molecular weight is 366 g/mol. The predicted molar refractivity (Wildman–Crippen MR) is 80.5 cm³/mol. The summed E-state index contributed by atoms with van der Waals surface area (Å²) in [5, 5.41) is 18.7. The molecular weight excluding hydrogens is 357 g/mol. The highest BCUT2D eigenvalue weighted by Crippen LogP contribution is 2.45. The second-order valence-corrected chi connectivity index (χ2v) is 5.27. The van der Waals surface area contributed by atoms with Crippen LogP contribution in [0.3, 0.4) is 0 Å². The third-order valence-corrected chi connectivity index (χ3v) is 3.59. The number of phenols is 1. The van der Waals surface area contributed by atoms with E-state index in [1.54, 1.807) is 6.07 Å². The molecule has 0 radical (unpaired) electrons. The van der Waals surface area contributed by atoms with Gasteiger partial charge in [0.25, 0.3) is 0 Å². The van der Waals surface area contributed by atoms with Crippen LogP contribution in [0.15, 0.2) is 12.1 Å². The SMILES string of the molecule is N#Cc1c(N)nc2c(c1N)Cc1c(OC(=O)C(F)(F)F)cc(O)cc1O2. The number of rotatable bonds is 1. The molecule has 5 N–H and O–H groups in total. The number of pyridine rings is 1. The maximum atomic E-state index is 12.5. The molecule has 8 nitrogen and oxygen atoms in total. The topological polar surface area (TPSA) is 144 Å². The van der Waals surface area contributed by atoms with Crippen molar-refractivity contribution in [1.82, 2.24) is 4.98 Å². The summed E-state index contributed by atoms with van der Waals surface area (Å²) >= 11 is 0. The zero-order valence-corrected chi connectivity index (χ0v) is 12.7. The van der Waals surface area contributed by atoms with E-state index in [-0.39, 0.29) is 46.2 Å². The van der Waals surface area contributed by atoms with E-state index in [4.69, 9.17) is 21.5 Å². The van der Waals surface area contributed by atoms with Crippen molar-refractivity contribution in [2.45, 2.75) is 12.6 Å². The molecular formula is C15H9F3N4O4. The molecule has 0 bridgehead atoms. The first-order valence-electron chi connectivity index (χ1n) is 6.92. The number of fused-ring (bicyclic) bond motifs is 2. The van der Waals surface area contributed by atoms with Crippen LogP contribution in [0, 0.1) is 11.3 Å². The Morgan fingerprint density at radius 1 is 1.35 bits per heavy atom. The highest BCUT2D eigenvalue weighted by Gasteiger charge is 2.42. The molecule has 2 aromatic rings. The quantitative estimate of drug-likeness (QED) is 0.438. The second kappa shape index (κ2) is 5.69. The number of nitrogen functional groups attached to an aromatic ring is 2. The van der Waals surface area contributed by atoms with E-state index < -0.39 is 23.6 Å². The fraction of sp³-hybridized carbons (Fsp3) is 0.133. The number of aromatic hydroxyl groups is 1. The van der Waals surface area contributed by atoms with Gasteiger partial charge >= 0.3 is 12.1 Å². The highest BCUT2D eigenvalue weighted by molar-refractivity contribution is 5.79. The molecule has 1 aliphatic rings. The number of nitrogens with two attached hydrogens (primary N) is 2. The van der Waals surface area contributed by atoms with E-state index in [9.17, 15) is 23.1 Å². The molecule has 0 saturated heterocycles. The lowest BCUT2D eigenvalue weighted by atomic mass is 9.98. The van der Waals surface area contributed by atoms with Crippen LogP contribution in [0.4, 0.5) is 24.7 Å². The number of phenolic OH excluding ortho intramolecular Hbond substituents is 1. The summed E-state index contributed by atoms with van der Waals surface area (Å²) < 4.78 is 47.1. The fourth-order valence-electron chi connectivity index (χ4n) is 2.41. The van der Waals surface area contributed by atoms with Gasteiger partial charge < -0.3 is 26.0 Å². The third kappa shape index (κ3) is 2.77. The summed E-state index contributed by atoms with van der Waals surface area (Å²) in [4.78, 5) is 15.0. The summed E-state index contributed by atoms with van der Waals surface area (Å²) in [7, 11) is 0. The molecule has 2 heterocycles. The Kier molecular flexibility index (Phi) is 3.76. The monoisotopic (exact) mass is 366 g/mol. The van der Waals surface area contributed by atoms with Crippen molar-refractivity contribution in [2.24, 2.45) is 0 Å². The van der Waals surface area contributed by atoms with Crippen molar-refractivity contribution in [3.05, 3.63) is 28.8 Å². The number of anilines is 2. The van der Waals surface area contributed by atoms with E-state index in [2.05, 4.69) is 9.72 Å². The lowest BCUT2D eigenvalue weighted by Gasteiger charge is -2.23. The zero-order chi connectivity index (χ0) is 19.2. The van der Waals surface area contributed by atoms with Gasteiger partial charge in [-0.1, -0.05) is 0 Å². The van der Waals surface area contributed by atoms with Crippen LogP contribution >= 0.6 is 0 Å². The van der Waals surface area contributed by atoms with Gasteiger partial charge in [-0.2, -0.15) is 23.4 Å². The summed E-state index contributed by atoms with van der Waals surface area (Å²) in [5.41, 5.74) is 11.5. The molecule has 3 rings (SSSR count). The van der Waals surface area contributed by atoms with Gasteiger partial charge in [0.2, 0.25) is 5.88 Å². The van der Waals surface area contributed by atoms with E-state index in [0.717, 1.165) is 12.1 Å². The van der Waals surface area contributed by atoms with Crippen molar-refractivity contribution in [1.29, 1.82) is 5.26 Å². The first kappa shape index (κ1) is 17.2. The molecule has 1 aromatic heterocycles. The summed E-state index contributed by atoms with van der Waals surface area (Å²) in [5.74, 6) is -3.84. The van der Waals surface area contributed by atoms with Gasteiger partial charge in [0.05, 0.1) is 5.69 Å². The fourth-order valence-corrected chi connectivity index (χ4v) is 2.41. The molecule has 0 unspecified atom stereocenters. The Bertz CT molecular complexity index is 983. The Hall–Kier alpha value is -3.68. The van der Waals surface area contributed by atoms with Crippen molar-refractivity contribution in [3.8, 4) is 29.2 Å². The Morgan fingerprint density at radius 3 is 2.65 bits per heavy atom. The summed E-state index contributed by atoms with van der Waals surface area (Å²) in [6.45, 7) is 0. The zero-order valence-electron chi connectivity index (χ0n) is 12.7. The Balaban J connectivity index is 2.10. The van der Waals surface area contributed by atoms with Crippen molar-refractivity contribution in [3.63, 3.8) is 0 Å². The highest BCUT2D eigenvalue weighted by atomic mass is 19.4. The lowest BCUT2D eigenvalue weighted by molar-refractivity contribution is -0.189. The first-order chi connectivity index (χ1) is 12.1. The van der Waals surface area contributed by atoms with Crippen molar-refractivity contribution < 1.29 is 32.5 Å². The molecule has 1 aromatic carbocycles. The van der Waals surface area contributed by atoms with Crippen LogP contribution in [0.1, 0.15) is 16.7 Å². The Labute approximate surface area is 143 Å². The van der Waals surface area contributed by atoms with Gasteiger partial charge in [-0.3, -0.25) is 0 Å². The number of nitriles is 1. The number of carbonyl (C=O) groups excluding carboxylic acids is 1. The molecule has 134 valence electrons. The number of esters is 1. The van der Waals surface area contributed by atoms with E-state index in [1.165, 1.54) is 0 Å². The van der Waals surface area contributed by atoms with E-state index in [1.807, 2.05) is 0 Å². The number of nitrogens with zero attached hydrogens (tertiary/aromatic N) is 2. The maximum Gasteiger partial charge on any atom is 0.491 e. The van der Waals surface area contributed by atoms with Crippen LogP contribution in [-0.4, -0.2) is 22.2 Å². The number of aromatic nitrogens is 1. The van der Waals surface area contributed by atoms with Crippen LogP contribution in [0.5, 0.6) is 23.1 Å². The second-order valence-electron chi connectivity index (χ2n) is 5.27. The minimum atomic E-state index is -5.23. The molecule has 1 aliphatic heterocycles. The lowest BCUT2D eigenvalue weighted by Crippen LogP contribution is -2.28. The maximum absolute atomic E-state index is 12.5. The number of hydrogen-bond donors (Lipinski definition) is 3. The minimum absolute atomic E-state index is 0.0232. The normalized spacial score (nSPS) is 12.4. The molecule has 0 amide bonds. The van der Waals surface area contributed by atoms with Crippen LogP contribution in [0.2, 0.25) is 0 Å². The number of halogens is 3. The number of hydrogen-bond acceptors (Lipinski definition) is 8. The summed E-state index contributed by atoms with van der Waals surface area (Å²) in [6.07, 6.45) is -5.38. The number of ether oxygens (including phenoxy) is 2. The average Bonchev–Trinajstić information content (AvgIpc) is 2.52. The molecule has 0 aliphatic carbocycles. The van der Waals surface area contributed by atoms with Crippen molar-refractivity contribution in [2.75, 3.05) is 11.5 Å². The van der Waals surface area contributed by atoms with Crippen LogP contribution in [0.25, 0.3) is 0 Å². The van der Waals surface area contributed by atoms with Crippen LogP contribution < -0.4 is 20.9 Å². The Morgan fingerprint density at radius 2 is 2.04 bits per heavy atom. The standard InChI is InChI=1S/C15H9F3N4O4/c16-15(17,18)14(24)26-10-2-5(23)1-9-6(10)3-7-11(20)8(4-19)12(21)22-13(7)25-9/h1-2,23H,3H2,(H4,20,21,22). The molecule has 11 heteroatoms. The predicted octanol–water partition coefficient (Wildman–Crippen LogP) is 1.99. The number of benzene rings is 1. The van der Waals surface area contributed by atoms with E-state index >= 15 is 0 Å².